The number of rotatable bonds is 11. The number of halogens is 2. The largest absolute Gasteiger partial charge is 0.387 e. The molecule has 11 heteroatoms. The number of hydrazine groups is 1. The van der Waals surface area contributed by atoms with Crippen molar-refractivity contribution in [1.29, 1.82) is 5.41 Å². The highest BCUT2D eigenvalue weighted by atomic mass is 19.2. The molecule has 1 aromatic rings. The first-order chi connectivity index (χ1) is 23.0. The van der Waals surface area contributed by atoms with E-state index in [2.05, 4.69) is 77.5 Å². The van der Waals surface area contributed by atoms with E-state index in [0.717, 1.165) is 62.5 Å². The van der Waals surface area contributed by atoms with Crippen LogP contribution in [-0.2, 0) is 9.59 Å². The van der Waals surface area contributed by atoms with Crippen molar-refractivity contribution in [2.45, 2.75) is 112 Å². The summed E-state index contributed by atoms with van der Waals surface area (Å²) in [4.78, 5) is 32.4. The minimum absolute atomic E-state index is 0.0845. The standard InChI is InChI=1S/C33H46F2N2O2.C3H9N3.C2H2.H4N2/c1-8-23(22-38)11-9-10-12-26(17-18-31(2,3)4)37-30(39)29(24-13-14-27(34)28(35)21-24)36-33(37)19-15-25(16-20-33)32(5,6)7;1-6-2-3(4)5;2*1-2/h8-10,13-14,21-22,25-26H,11-12,15-20H2,1-7H3;6H,2H2,1H3,(H3,4,5);1-2H;1-2H2/b10-9-,23-8+;;;. The Balaban J connectivity index is 0.00000204. The lowest BCUT2D eigenvalue weighted by Gasteiger charge is -2.47. The van der Waals surface area contributed by atoms with Gasteiger partial charge in [-0.3, -0.25) is 31.7 Å². The van der Waals surface area contributed by atoms with Gasteiger partial charge < -0.3 is 16.0 Å². The fourth-order valence-corrected chi connectivity index (χ4v) is 6.10. The zero-order valence-corrected chi connectivity index (χ0v) is 30.9. The van der Waals surface area contributed by atoms with Crippen molar-refractivity contribution in [3.8, 4) is 12.8 Å². The normalized spacial score (nSPS) is 19.9. The third kappa shape index (κ3) is 14.3. The fraction of sp³-hybridized carbons (Fsp3) is 0.579. The summed E-state index contributed by atoms with van der Waals surface area (Å²) in [6.07, 6.45) is 21.1. The predicted molar refractivity (Wildman–Crippen MR) is 199 cm³/mol. The molecule has 1 saturated carbocycles. The van der Waals surface area contributed by atoms with Crippen molar-refractivity contribution in [3.63, 3.8) is 0 Å². The second kappa shape index (κ2) is 21.4. The van der Waals surface area contributed by atoms with E-state index in [0.29, 0.717) is 30.9 Å². The van der Waals surface area contributed by atoms with E-state index in [4.69, 9.17) is 16.1 Å². The fourth-order valence-electron chi connectivity index (χ4n) is 6.10. The Kier molecular flexibility index (Phi) is 19.8. The molecule has 0 aromatic heterocycles. The molecule has 9 nitrogen and oxygen atoms in total. The van der Waals surface area contributed by atoms with E-state index in [1.54, 1.807) is 7.05 Å². The first-order valence-electron chi connectivity index (χ1n) is 16.8. The maximum atomic E-state index is 14.2. The van der Waals surface area contributed by atoms with Gasteiger partial charge in [0.15, 0.2) is 11.6 Å². The van der Waals surface area contributed by atoms with Crippen LogP contribution in [0.2, 0.25) is 0 Å². The van der Waals surface area contributed by atoms with Crippen LogP contribution < -0.4 is 22.7 Å². The second-order valence-electron chi connectivity index (χ2n) is 14.6. The molecule has 1 heterocycles. The lowest BCUT2D eigenvalue weighted by molar-refractivity contribution is -0.133. The highest BCUT2D eigenvalue weighted by Gasteiger charge is 2.52. The van der Waals surface area contributed by atoms with Crippen LogP contribution in [0.25, 0.3) is 0 Å². The molecule has 1 spiro atoms. The lowest BCUT2D eigenvalue weighted by atomic mass is 9.69. The van der Waals surface area contributed by atoms with Crippen molar-refractivity contribution < 1.29 is 18.4 Å². The molecule has 1 aromatic carbocycles. The number of amides is 1. The minimum Gasteiger partial charge on any atom is -0.387 e. The smallest absolute Gasteiger partial charge is 0.274 e. The maximum Gasteiger partial charge on any atom is 0.274 e. The molecular weight excluding hydrogens is 624 g/mol. The number of terminal acetylenes is 1. The van der Waals surface area contributed by atoms with E-state index >= 15 is 0 Å². The Morgan fingerprint density at radius 3 is 2.14 bits per heavy atom. The highest BCUT2D eigenvalue weighted by Crippen LogP contribution is 2.48. The minimum atomic E-state index is -0.978. The number of nitrogens with one attached hydrogen (secondary N) is 2. The molecule has 0 radical (unpaired) electrons. The number of hydrogen-bond donors (Lipinski definition) is 5. The first-order valence-corrected chi connectivity index (χ1v) is 16.8. The van der Waals surface area contributed by atoms with Gasteiger partial charge >= 0.3 is 0 Å². The summed E-state index contributed by atoms with van der Waals surface area (Å²) >= 11 is 0. The lowest BCUT2D eigenvalue weighted by Crippen LogP contribution is -2.54. The third-order valence-corrected chi connectivity index (χ3v) is 8.80. The quantitative estimate of drug-likeness (QED) is 0.0264. The molecule has 0 saturated heterocycles. The predicted octanol–water partition coefficient (Wildman–Crippen LogP) is 6.42. The van der Waals surface area contributed by atoms with Gasteiger partial charge in [-0.25, -0.2) is 8.78 Å². The molecule has 2 aliphatic rings. The molecule has 1 aliphatic heterocycles. The Hall–Kier alpha value is -3.72. The number of aliphatic imine (C=N–C) groups is 1. The monoisotopic (exact) mass is 685 g/mol. The summed E-state index contributed by atoms with van der Waals surface area (Å²) in [6, 6.07) is 3.51. The molecule has 1 atom stereocenters. The van der Waals surface area contributed by atoms with Gasteiger partial charge in [-0.15, -0.1) is 12.8 Å². The van der Waals surface area contributed by atoms with Gasteiger partial charge in [-0.2, -0.15) is 0 Å². The summed E-state index contributed by atoms with van der Waals surface area (Å²) in [5.41, 5.74) is 5.76. The van der Waals surface area contributed by atoms with Crippen molar-refractivity contribution in [2.24, 2.45) is 39.2 Å². The Labute approximate surface area is 293 Å². The summed E-state index contributed by atoms with van der Waals surface area (Å²) in [5, 5.41) is 9.33. The van der Waals surface area contributed by atoms with Gasteiger partial charge in [-0.1, -0.05) is 59.8 Å². The topological polar surface area (TPSA) is 164 Å². The van der Waals surface area contributed by atoms with E-state index < -0.39 is 17.3 Å². The number of carbonyl (C=O) groups is 2. The van der Waals surface area contributed by atoms with E-state index in [-0.39, 0.29) is 34.3 Å². The number of likely N-dealkylation sites (N-methyl/N-ethyl adjacent to an activating group) is 1. The number of aldehydes is 1. The molecule has 1 unspecified atom stereocenters. The zero-order chi connectivity index (χ0) is 38.0. The van der Waals surface area contributed by atoms with Gasteiger partial charge in [0.1, 0.15) is 23.5 Å². The van der Waals surface area contributed by atoms with Crippen LogP contribution in [0.15, 0.2) is 47.0 Å². The van der Waals surface area contributed by atoms with Gasteiger partial charge in [0.05, 0.1) is 6.54 Å². The molecule has 0 bridgehead atoms. The molecule has 49 heavy (non-hydrogen) atoms. The van der Waals surface area contributed by atoms with Gasteiger partial charge in [-0.05, 0) is 106 Å². The second-order valence-corrected chi connectivity index (χ2v) is 14.6. The molecule has 8 N–H and O–H groups in total. The third-order valence-electron chi connectivity index (χ3n) is 8.80. The van der Waals surface area contributed by atoms with E-state index in [9.17, 15) is 18.4 Å². The first kappa shape index (κ1) is 45.3. The summed E-state index contributed by atoms with van der Waals surface area (Å²) in [6.45, 7) is 15.7. The molecule has 1 fully saturated rings. The van der Waals surface area contributed by atoms with Crippen LogP contribution in [-0.4, -0.2) is 53.9 Å². The van der Waals surface area contributed by atoms with Crippen molar-refractivity contribution in [1.82, 2.24) is 10.2 Å². The number of allylic oxidation sites excluding steroid dienone is 3. The van der Waals surface area contributed by atoms with Gasteiger partial charge in [0.2, 0.25) is 0 Å². The van der Waals surface area contributed by atoms with Crippen molar-refractivity contribution in [2.75, 3.05) is 13.6 Å². The SMILES string of the molecule is C#C.C/C=C(/C=O)C/C=C\CC(CCC(C)(C)C)N1C(=O)C(c2ccc(F)c(F)c2)=NC12CCC(C(C)(C)C)CC2.CNCC(=N)N.NN. The van der Waals surface area contributed by atoms with E-state index in [1.807, 2.05) is 24.0 Å². The molecule has 274 valence electrons. The number of amidine groups is 1. The average molecular weight is 686 g/mol. The van der Waals surface area contributed by atoms with E-state index in [1.165, 1.54) is 6.07 Å². The van der Waals surface area contributed by atoms with Crippen LogP contribution in [0.5, 0.6) is 0 Å². The molecular formula is C38H61F2N7O2. The number of nitrogens with two attached hydrogens (primary N) is 3. The Morgan fingerprint density at radius 1 is 1.12 bits per heavy atom. The number of benzene rings is 1. The van der Waals surface area contributed by atoms with Crippen LogP contribution in [0, 0.1) is 46.6 Å². The van der Waals surface area contributed by atoms with Crippen LogP contribution in [0.3, 0.4) is 0 Å². The summed E-state index contributed by atoms with van der Waals surface area (Å²) in [7, 11) is 1.75. The number of nitrogens with zero attached hydrogens (tertiary/aromatic N) is 2. The number of hydrogen-bond acceptors (Lipinski definition) is 7. The average Bonchev–Trinajstić information content (AvgIpc) is 3.32. The molecule has 1 amide bonds. The van der Waals surface area contributed by atoms with Crippen molar-refractivity contribution in [3.05, 3.63) is 59.2 Å². The van der Waals surface area contributed by atoms with Crippen LogP contribution in [0.1, 0.15) is 105 Å². The van der Waals surface area contributed by atoms with Crippen molar-refractivity contribution >= 4 is 23.7 Å². The zero-order valence-electron chi connectivity index (χ0n) is 30.9. The van der Waals surface area contributed by atoms with Crippen LogP contribution >= 0.6 is 0 Å². The van der Waals surface area contributed by atoms with Gasteiger partial charge in [0.25, 0.3) is 5.91 Å². The van der Waals surface area contributed by atoms with Crippen LogP contribution in [0.4, 0.5) is 8.78 Å². The van der Waals surface area contributed by atoms with Gasteiger partial charge in [0, 0.05) is 11.6 Å². The maximum absolute atomic E-state index is 14.2. The highest BCUT2D eigenvalue weighted by molar-refractivity contribution is 6.46. The molecule has 1 aliphatic carbocycles. The Bertz CT molecular complexity index is 1320. The molecule has 3 rings (SSSR count). The number of carbonyl (C=O) groups excluding carboxylic acids is 2. The summed E-state index contributed by atoms with van der Waals surface area (Å²) < 4.78 is 28.0. The Morgan fingerprint density at radius 2 is 1.71 bits per heavy atom. The summed E-state index contributed by atoms with van der Waals surface area (Å²) in [5.74, 6) is 6.58.